The van der Waals surface area contributed by atoms with Crippen LogP contribution >= 0.6 is 11.6 Å². The molecule has 0 bridgehead atoms. The summed E-state index contributed by atoms with van der Waals surface area (Å²) in [6, 6.07) is 13.0. The highest BCUT2D eigenvalue weighted by molar-refractivity contribution is 6.30. The molecule has 0 atom stereocenters. The normalized spacial score (nSPS) is 15.5. The minimum Gasteiger partial charge on any atom is -0.490 e. The van der Waals surface area contributed by atoms with Gasteiger partial charge in [-0.1, -0.05) is 17.7 Å². The predicted octanol–water partition coefficient (Wildman–Crippen LogP) is 4.16. The molecule has 120 valence electrons. The number of benzene rings is 2. The van der Waals surface area contributed by atoms with Crippen LogP contribution < -0.4 is 4.74 Å². The van der Waals surface area contributed by atoms with E-state index in [2.05, 4.69) is 0 Å². The van der Waals surface area contributed by atoms with Gasteiger partial charge in [0.05, 0.1) is 0 Å². The molecule has 0 unspecified atom stereocenters. The van der Waals surface area contributed by atoms with Gasteiger partial charge in [0.2, 0.25) is 0 Å². The molecule has 0 radical (unpaired) electrons. The van der Waals surface area contributed by atoms with Crippen molar-refractivity contribution >= 4 is 17.5 Å². The first kappa shape index (κ1) is 15.8. The Morgan fingerprint density at radius 1 is 1.13 bits per heavy atom. The van der Waals surface area contributed by atoms with E-state index in [1.807, 2.05) is 4.90 Å². The van der Waals surface area contributed by atoms with E-state index >= 15 is 0 Å². The van der Waals surface area contributed by atoms with Crippen molar-refractivity contribution in [1.82, 2.24) is 4.90 Å². The lowest BCUT2D eigenvalue weighted by molar-refractivity contribution is 0.0595. The van der Waals surface area contributed by atoms with Crippen LogP contribution in [0.1, 0.15) is 23.2 Å². The average Bonchev–Trinajstić information content (AvgIpc) is 2.57. The van der Waals surface area contributed by atoms with Gasteiger partial charge in [-0.25, -0.2) is 4.39 Å². The maximum Gasteiger partial charge on any atom is 0.253 e. The molecule has 0 aromatic heterocycles. The number of hydrogen-bond acceptors (Lipinski definition) is 2. The number of carbonyl (C=O) groups excluding carboxylic acids is 1. The lowest BCUT2D eigenvalue weighted by Gasteiger charge is -2.32. The zero-order valence-electron chi connectivity index (χ0n) is 12.5. The molecule has 3 rings (SSSR count). The Morgan fingerprint density at radius 3 is 2.48 bits per heavy atom. The molecule has 3 nitrogen and oxygen atoms in total. The molecule has 1 fully saturated rings. The number of likely N-dealkylation sites (tertiary alicyclic amines) is 1. The van der Waals surface area contributed by atoms with Crippen LogP contribution in [0.25, 0.3) is 0 Å². The largest absolute Gasteiger partial charge is 0.490 e. The number of carbonyl (C=O) groups is 1. The molecule has 1 amide bonds. The molecule has 1 heterocycles. The van der Waals surface area contributed by atoms with E-state index in [-0.39, 0.29) is 17.8 Å². The van der Waals surface area contributed by atoms with Crippen LogP contribution in [0, 0.1) is 5.82 Å². The van der Waals surface area contributed by atoms with Crippen molar-refractivity contribution in [2.75, 3.05) is 13.1 Å². The lowest BCUT2D eigenvalue weighted by atomic mass is 10.1. The van der Waals surface area contributed by atoms with Crippen LogP contribution in [0.4, 0.5) is 4.39 Å². The van der Waals surface area contributed by atoms with Gasteiger partial charge in [0.15, 0.2) is 0 Å². The molecular formula is C18H17ClFNO2. The second kappa shape index (κ2) is 7.01. The Balaban J connectivity index is 1.55. The third-order valence-corrected chi connectivity index (χ3v) is 4.15. The zero-order valence-corrected chi connectivity index (χ0v) is 13.3. The van der Waals surface area contributed by atoms with Crippen molar-refractivity contribution in [2.45, 2.75) is 18.9 Å². The minimum atomic E-state index is -0.278. The van der Waals surface area contributed by atoms with Crippen molar-refractivity contribution in [2.24, 2.45) is 0 Å². The van der Waals surface area contributed by atoms with Crippen molar-refractivity contribution < 1.29 is 13.9 Å². The monoisotopic (exact) mass is 333 g/mol. The highest BCUT2D eigenvalue weighted by Crippen LogP contribution is 2.21. The van der Waals surface area contributed by atoms with Crippen molar-refractivity contribution in [3.8, 4) is 5.75 Å². The minimum absolute atomic E-state index is 0.00673. The number of amides is 1. The van der Waals surface area contributed by atoms with E-state index in [9.17, 15) is 9.18 Å². The maximum atomic E-state index is 12.9. The Hall–Kier alpha value is -2.07. The van der Waals surface area contributed by atoms with Gasteiger partial charge in [0.1, 0.15) is 17.7 Å². The quantitative estimate of drug-likeness (QED) is 0.844. The Kier molecular flexibility index (Phi) is 4.82. The summed E-state index contributed by atoms with van der Waals surface area (Å²) in [5.41, 5.74) is 0.607. The highest BCUT2D eigenvalue weighted by Gasteiger charge is 2.24. The van der Waals surface area contributed by atoms with E-state index < -0.39 is 0 Å². The van der Waals surface area contributed by atoms with Crippen LogP contribution in [-0.2, 0) is 0 Å². The summed E-state index contributed by atoms with van der Waals surface area (Å²) >= 11 is 5.93. The number of piperidine rings is 1. The molecule has 2 aromatic carbocycles. The standard InChI is InChI=1S/C18H17ClFNO2/c19-14-3-1-2-13(12-14)18(22)21-10-8-17(9-11-21)23-16-6-4-15(20)5-7-16/h1-7,12,17H,8-11H2. The van der Waals surface area contributed by atoms with E-state index in [0.29, 0.717) is 29.4 Å². The summed E-state index contributed by atoms with van der Waals surface area (Å²) in [5, 5.41) is 0.561. The summed E-state index contributed by atoms with van der Waals surface area (Å²) in [5.74, 6) is 0.373. The SMILES string of the molecule is O=C(c1cccc(Cl)c1)N1CCC(Oc2ccc(F)cc2)CC1. The van der Waals surface area contributed by atoms with Crippen LogP contribution in [0.2, 0.25) is 5.02 Å². The van der Waals surface area contributed by atoms with Crippen LogP contribution in [0.15, 0.2) is 48.5 Å². The van der Waals surface area contributed by atoms with E-state index in [1.165, 1.54) is 12.1 Å². The molecule has 0 spiro atoms. The van der Waals surface area contributed by atoms with Crippen molar-refractivity contribution in [3.63, 3.8) is 0 Å². The van der Waals surface area contributed by atoms with Gasteiger partial charge < -0.3 is 9.64 Å². The first-order valence-electron chi connectivity index (χ1n) is 7.59. The number of hydrogen-bond donors (Lipinski definition) is 0. The predicted molar refractivity (Wildman–Crippen MR) is 87.4 cm³/mol. The Labute approximate surface area is 139 Å². The average molecular weight is 334 g/mol. The summed E-state index contributed by atoms with van der Waals surface area (Å²) < 4.78 is 18.7. The van der Waals surface area contributed by atoms with E-state index in [1.54, 1.807) is 36.4 Å². The van der Waals surface area contributed by atoms with Gasteiger partial charge >= 0.3 is 0 Å². The fourth-order valence-corrected chi connectivity index (χ4v) is 2.88. The number of rotatable bonds is 3. The smallest absolute Gasteiger partial charge is 0.253 e. The van der Waals surface area contributed by atoms with Gasteiger partial charge in [0, 0.05) is 36.5 Å². The van der Waals surface area contributed by atoms with E-state index in [0.717, 1.165) is 12.8 Å². The third-order valence-electron chi connectivity index (χ3n) is 3.92. The summed E-state index contributed by atoms with van der Waals surface area (Å²) in [7, 11) is 0. The fraction of sp³-hybridized carbons (Fsp3) is 0.278. The van der Waals surface area contributed by atoms with Gasteiger partial charge in [-0.05, 0) is 42.5 Å². The van der Waals surface area contributed by atoms with Gasteiger partial charge in [-0.3, -0.25) is 4.79 Å². The molecule has 1 saturated heterocycles. The first-order chi connectivity index (χ1) is 11.1. The molecule has 23 heavy (non-hydrogen) atoms. The second-order valence-corrected chi connectivity index (χ2v) is 6.01. The molecule has 0 N–H and O–H groups in total. The topological polar surface area (TPSA) is 29.5 Å². The molecule has 1 aliphatic heterocycles. The second-order valence-electron chi connectivity index (χ2n) is 5.57. The summed E-state index contributed by atoms with van der Waals surface area (Å²) in [4.78, 5) is 14.3. The first-order valence-corrected chi connectivity index (χ1v) is 7.97. The van der Waals surface area contributed by atoms with Gasteiger partial charge in [-0.15, -0.1) is 0 Å². The lowest BCUT2D eigenvalue weighted by Crippen LogP contribution is -2.41. The Bertz CT molecular complexity index is 682. The zero-order chi connectivity index (χ0) is 16.2. The highest BCUT2D eigenvalue weighted by atomic mass is 35.5. The summed E-state index contributed by atoms with van der Waals surface area (Å²) in [6.45, 7) is 1.27. The molecular weight excluding hydrogens is 317 g/mol. The third kappa shape index (κ3) is 4.02. The molecule has 0 aliphatic carbocycles. The number of nitrogens with zero attached hydrogens (tertiary/aromatic N) is 1. The van der Waals surface area contributed by atoms with Gasteiger partial charge in [-0.2, -0.15) is 0 Å². The number of ether oxygens (including phenoxy) is 1. The number of halogens is 2. The van der Waals surface area contributed by atoms with E-state index in [4.69, 9.17) is 16.3 Å². The van der Waals surface area contributed by atoms with Crippen LogP contribution in [-0.4, -0.2) is 30.0 Å². The van der Waals surface area contributed by atoms with Crippen LogP contribution in [0.3, 0.4) is 0 Å². The van der Waals surface area contributed by atoms with Crippen molar-refractivity contribution in [1.29, 1.82) is 0 Å². The Morgan fingerprint density at radius 2 is 1.83 bits per heavy atom. The molecule has 0 saturated carbocycles. The summed E-state index contributed by atoms with van der Waals surface area (Å²) in [6.07, 6.45) is 1.55. The van der Waals surface area contributed by atoms with Crippen LogP contribution in [0.5, 0.6) is 5.75 Å². The van der Waals surface area contributed by atoms with Gasteiger partial charge in [0.25, 0.3) is 5.91 Å². The fourth-order valence-electron chi connectivity index (χ4n) is 2.69. The molecule has 2 aromatic rings. The van der Waals surface area contributed by atoms with Crippen molar-refractivity contribution in [3.05, 3.63) is 64.9 Å². The molecule has 5 heteroatoms. The molecule has 1 aliphatic rings. The maximum absolute atomic E-state index is 12.9.